The normalized spacial score (nSPS) is 27.7. The highest BCUT2D eigenvalue weighted by molar-refractivity contribution is 5.92. The second-order valence-corrected chi connectivity index (χ2v) is 4.81. The van der Waals surface area contributed by atoms with Gasteiger partial charge in [0.15, 0.2) is 0 Å². The molecule has 0 spiro atoms. The van der Waals surface area contributed by atoms with Gasteiger partial charge in [0.25, 0.3) is 0 Å². The number of nitrogens with one attached hydrogen (secondary N) is 2. The molecule has 98 valence electrons. The Labute approximate surface area is 105 Å². The van der Waals surface area contributed by atoms with Crippen LogP contribution in [-0.2, 0) is 9.59 Å². The molecule has 1 heterocycles. The Morgan fingerprint density at radius 1 is 1.44 bits per heavy atom. The lowest BCUT2D eigenvalue weighted by molar-refractivity contribution is -0.145. The third kappa shape index (κ3) is 2.53. The summed E-state index contributed by atoms with van der Waals surface area (Å²) >= 11 is 0. The molecule has 1 aliphatic rings. The second kappa shape index (κ2) is 4.81. The van der Waals surface area contributed by atoms with Crippen LogP contribution in [-0.4, -0.2) is 27.5 Å². The molecule has 0 radical (unpaired) electrons. The molecule has 1 amide bonds. The van der Waals surface area contributed by atoms with Gasteiger partial charge in [0.05, 0.1) is 0 Å². The number of anilines is 1. The Morgan fingerprint density at radius 3 is 2.61 bits per heavy atom. The number of carbonyl (C=O) groups excluding carboxylic acids is 1. The fraction of sp³-hybridized carbons (Fsp3) is 0.500. The molecule has 1 fully saturated rings. The summed E-state index contributed by atoms with van der Waals surface area (Å²) < 4.78 is 0. The molecule has 18 heavy (non-hydrogen) atoms. The van der Waals surface area contributed by atoms with Gasteiger partial charge >= 0.3 is 5.97 Å². The van der Waals surface area contributed by atoms with Crippen molar-refractivity contribution in [3.8, 4) is 0 Å². The van der Waals surface area contributed by atoms with Crippen LogP contribution in [0.2, 0.25) is 0 Å². The van der Waals surface area contributed by atoms with Crippen molar-refractivity contribution >= 4 is 17.7 Å². The van der Waals surface area contributed by atoms with E-state index < -0.39 is 11.5 Å². The predicted molar refractivity (Wildman–Crippen MR) is 65.9 cm³/mol. The molecular formula is C12H17N3O3. The molecule has 1 aromatic heterocycles. The average Bonchev–Trinajstić information content (AvgIpc) is 2.82. The number of hydrogen-bond acceptors (Lipinski definition) is 3. The van der Waals surface area contributed by atoms with Crippen LogP contribution in [0.5, 0.6) is 0 Å². The fourth-order valence-corrected chi connectivity index (χ4v) is 2.25. The number of hydrogen-bond donors (Lipinski definition) is 4. The number of rotatable bonds is 3. The number of aromatic nitrogens is 1. The molecule has 6 nitrogen and oxygen atoms in total. The smallest absolute Gasteiger partial charge is 0.323 e. The van der Waals surface area contributed by atoms with Crippen molar-refractivity contribution in [2.45, 2.75) is 31.2 Å². The molecular weight excluding hydrogens is 234 g/mol. The van der Waals surface area contributed by atoms with E-state index in [0.717, 1.165) is 0 Å². The quantitative estimate of drug-likeness (QED) is 0.640. The first-order valence-corrected chi connectivity index (χ1v) is 5.98. The van der Waals surface area contributed by atoms with E-state index >= 15 is 0 Å². The first-order valence-electron chi connectivity index (χ1n) is 5.98. The summed E-state index contributed by atoms with van der Waals surface area (Å²) in [5.41, 5.74) is 4.60. The first-order chi connectivity index (χ1) is 8.51. The van der Waals surface area contributed by atoms with E-state index in [-0.39, 0.29) is 11.8 Å². The zero-order valence-corrected chi connectivity index (χ0v) is 9.98. The van der Waals surface area contributed by atoms with Crippen LogP contribution < -0.4 is 11.1 Å². The Hall–Kier alpha value is -1.82. The maximum absolute atomic E-state index is 11.9. The predicted octanol–water partition coefficient (Wildman–Crippen LogP) is 0.925. The van der Waals surface area contributed by atoms with Crippen molar-refractivity contribution in [1.82, 2.24) is 4.98 Å². The Balaban J connectivity index is 1.90. The van der Waals surface area contributed by atoms with Gasteiger partial charge in [0, 0.05) is 12.1 Å². The second-order valence-electron chi connectivity index (χ2n) is 4.81. The molecule has 0 unspecified atom stereocenters. The van der Waals surface area contributed by atoms with Crippen LogP contribution in [0.1, 0.15) is 25.7 Å². The van der Waals surface area contributed by atoms with E-state index in [1.165, 1.54) is 0 Å². The van der Waals surface area contributed by atoms with E-state index in [4.69, 9.17) is 10.8 Å². The standard InChI is InChI=1S/C12H17N3O3/c13-12(11(17)18)5-3-8(4-6-12)10(16)15-9-2-1-7-14-9/h1-2,7-8,14H,3-6,13H2,(H,15,16)(H,17,18). The van der Waals surface area contributed by atoms with E-state index in [9.17, 15) is 9.59 Å². The minimum absolute atomic E-state index is 0.0788. The Kier molecular flexibility index (Phi) is 3.38. The number of amides is 1. The minimum atomic E-state index is -1.16. The van der Waals surface area contributed by atoms with Gasteiger partial charge in [-0.3, -0.25) is 9.59 Å². The highest BCUT2D eigenvalue weighted by Crippen LogP contribution is 2.31. The Morgan fingerprint density at radius 2 is 2.11 bits per heavy atom. The zero-order valence-electron chi connectivity index (χ0n) is 9.98. The summed E-state index contributed by atoms with van der Waals surface area (Å²) in [5, 5.41) is 11.8. The molecule has 0 atom stereocenters. The van der Waals surface area contributed by atoms with E-state index in [1.807, 2.05) is 0 Å². The van der Waals surface area contributed by atoms with Crippen molar-refractivity contribution in [2.24, 2.45) is 11.7 Å². The number of aromatic amines is 1. The molecule has 5 N–H and O–H groups in total. The third-order valence-electron chi connectivity index (χ3n) is 3.53. The summed E-state index contributed by atoms with van der Waals surface area (Å²) in [6.45, 7) is 0. The summed E-state index contributed by atoms with van der Waals surface area (Å²) in [6.07, 6.45) is 3.42. The van der Waals surface area contributed by atoms with Gasteiger partial charge in [-0.1, -0.05) is 0 Å². The van der Waals surface area contributed by atoms with Gasteiger partial charge in [-0.15, -0.1) is 0 Å². The zero-order chi connectivity index (χ0) is 13.2. The number of nitrogens with two attached hydrogens (primary N) is 1. The molecule has 0 aliphatic heterocycles. The van der Waals surface area contributed by atoms with Gasteiger partial charge in [-0.25, -0.2) is 0 Å². The fourth-order valence-electron chi connectivity index (χ4n) is 2.25. The lowest BCUT2D eigenvalue weighted by Gasteiger charge is -2.32. The van der Waals surface area contributed by atoms with Crippen LogP contribution in [0.3, 0.4) is 0 Å². The average molecular weight is 251 g/mol. The largest absolute Gasteiger partial charge is 0.480 e. The topological polar surface area (TPSA) is 108 Å². The van der Waals surface area contributed by atoms with E-state index in [0.29, 0.717) is 31.5 Å². The molecule has 0 aromatic carbocycles. The Bertz CT molecular complexity index is 433. The molecule has 2 rings (SSSR count). The van der Waals surface area contributed by atoms with Gasteiger partial charge in [0.2, 0.25) is 5.91 Å². The number of carboxylic acid groups (broad SMARTS) is 1. The van der Waals surface area contributed by atoms with Crippen LogP contribution >= 0.6 is 0 Å². The lowest BCUT2D eigenvalue weighted by Crippen LogP contribution is -2.51. The van der Waals surface area contributed by atoms with Crippen molar-refractivity contribution in [3.05, 3.63) is 18.3 Å². The molecule has 0 saturated heterocycles. The first kappa shape index (κ1) is 12.6. The molecule has 6 heteroatoms. The van der Waals surface area contributed by atoms with Crippen molar-refractivity contribution < 1.29 is 14.7 Å². The van der Waals surface area contributed by atoms with Crippen LogP contribution in [0, 0.1) is 5.92 Å². The highest BCUT2D eigenvalue weighted by Gasteiger charge is 2.40. The summed E-state index contributed by atoms with van der Waals surface area (Å²) in [7, 11) is 0. The highest BCUT2D eigenvalue weighted by atomic mass is 16.4. The van der Waals surface area contributed by atoms with Gasteiger partial charge in [0.1, 0.15) is 11.4 Å². The maximum atomic E-state index is 11.9. The molecule has 0 bridgehead atoms. The van der Waals surface area contributed by atoms with Gasteiger partial charge < -0.3 is 21.1 Å². The number of aliphatic carboxylic acids is 1. The lowest BCUT2D eigenvalue weighted by atomic mass is 9.77. The monoisotopic (exact) mass is 251 g/mol. The van der Waals surface area contributed by atoms with Crippen LogP contribution in [0.4, 0.5) is 5.82 Å². The van der Waals surface area contributed by atoms with Crippen LogP contribution in [0.15, 0.2) is 18.3 Å². The molecule has 1 aromatic rings. The number of carboxylic acids is 1. The van der Waals surface area contributed by atoms with Gasteiger partial charge in [-0.05, 0) is 37.8 Å². The van der Waals surface area contributed by atoms with Crippen molar-refractivity contribution in [3.63, 3.8) is 0 Å². The molecule has 1 aliphatic carbocycles. The summed E-state index contributed by atoms with van der Waals surface area (Å²) in [5.74, 6) is -0.567. The van der Waals surface area contributed by atoms with Crippen molar-refractivity contribution in [1.29, 1.82) is 0 Å². The number of H-pyrrole nitrogens is 1. The van der Waals surface area contributed by atoms with Crippen LogP contribution in [0.25, 0.3) is 0 Å². The molecule has 1 saturated carbocycles. The maximum Gasteiger partial charge on any atom is 0.323 e. The summed E-state index contributed by atoms with van der Waals surface area (Å²) in [6, 6.07) is 3.57. The summed E-state index contributed by atoms with van der Waals surface area (Å²) in [4.78, 5) is 25.8. The minimum Gasteiger partial charge on any atom is -0.480 e. The number of carbonyl (C=O) groups is 2. The van der Waals surface area contributed by atoms with E-state index in [2.05, 4.69) is 10.3 Å². The van der Waals surface area contributed by atoms with E-state index in [1.54, 1.807) is 18.3 Å². The van der Waals surface area contributed by atoms with Gasteiger partial charge in [-0.2, -0.15) is 0 Å². The van der Waals surface area contributed by atoms with Crippen molar-refractivity contribution in [2.75, 3.05) is 5.32 Å². The third-order valence-corrected chi connectivity index (χ3v) is 3.53. The SMILES string of the molecule is NC1(C(=O)O)CCC(C(=O)Nc2ccc[nH]2)CC1.